The van der Waals surface area contributed by atoms with Crippen LogP contribution in [0.5, 0.6) is 0 Å². The first-order chi connectivity index (χ1) is 56.4. The fourth-order valence-corrected chi connectivity index (χ4v) is 27.9. The molecule has 584 valence electrons. The predicted molar refractivity (Wildman–Crippen MR) is 497 cm³/mol. The number of hydrogen-bond donors (Lipinski definition) is 0. The minimum absolute atomic E-state index is 0.211. The van der Waals surface area contributed by atoms with Crippen molar-refractivity contribution in [2.45, 2.75) is 225 Å². The molecule has 0 spiro atoms. The Labute approximate surface area is 724 Å². The van der Waals surface area contributed by atoms with Crippen LogP contribution in [0.3, 0.4) is 0 Å². The molecule has 15 heteroatoms. The monoisotopic (exact) mass is 1910 g/mol. The highest BCUT2D eigenvalue weighted by Gasteiger charge is 2.71. The molecule has 6 aliphatic rings. The summed E-state index contributed by atoms with van der Waals surface area (Å²) in [5, 5.41) is 23.6. The molecule has 0 unspecified atom stereocenters. The van der Waals surface area contributed by atoms with Crippen molar-refractivity contribution in [3.05, 3.63) is 203 Å². The Kier molecular flexibility index (Phi) is 18.4. The minimum Gasteiger partial charge on any atom is -0.271 e. The lowest BCUT2D eigenvalue weighted by atomic mass is 9.59. The summed E-state index contributed by atoms with van der Waals surface area (Å²) in [6.45, 7) is 13.2. The van der Waals surface area contributed by atoms with E-state index >= 15 is 28.8 Å². The van der Waals surface area contributed by atoms with Gasteiger partial charge in [0.2, 0.25) is 0 Å². The fraction of sp³-hybridized carbons (Fsp3) is 0.347. The molecule has 3 heterocycles. The average Bonchev–Trinajstić information content (AvgIpc) is 1.43. The van der Waals surface area contributed by atoms with Crippen LogP contribution in [0.15, 0.2) is 136 Å². The molecule has 0 aromatic heterocycles. The zero-order chi connectivity index (χ0) is 79.9. The molecule has 0 saturated heterocycles. The van der Waals surface area contributed by atoms with Gasteiger partial charge >= 0.3 is 0 Å². The first-order valence-corrected chi connectivity index (χ1v) is 47.6. The van der Waals surface area contributed by atoms with Gasteiger partial charge in [0.05, 0.1) is 10.8 Å². The Balaban J connectivity index is 0.828. The van der Waals surface area contributed by atoms with Gasteiger partial charge in [-0.05, 0) is 173 Å². The van der Waals surface area contributed by atoms with E-state index in [-0.39, 0.29) is 53.6 Å². The Bertz CT molecular complexity index is 5950. The number of halogens is 6. The number of benzene rings is 15. The highest BCUT2D eigenvalue weighted by Crippen LogP contribution is 2.78. The number of unbranched alkanes of at least 4 members (excludes halogenated alkanes) is 12. The summed E-state index contributed by atoms with van der Waals surface area (Å²) >= 11 is 25.3. The zero-order valence-electron chi connectivity index (χ0n) is 66.2. The lowest BCUT2D eigenvalue weighted by Crippen LogP contribution is -2.47. The minimum atomic E-state index is -0.922. The van der Waals surface area contributed by atoms with Crippen LogP contribution in [0, 0.1) is 0 Å². The number of imide groups is 3. The summed E-state index contributed by atoms with van der Waals surface area (Å²) in [4.78, 5) is 98.2. The van der Waals surface area contributed by atoms with Crippen LogP contribution in [0.4, 0.5) is 0 Å². The lowest BCUT2D eigenvalue weighted by molar-refractivity contribution is 0.0501. The average molecular weight is 1920 g/mol. The third-order valence-electron chi connectivity index (χ3n) is 28.6. The number of rotatable bonds is 27. The van der Waals surface area contributed by atoms with Crippen molar-refractivity contribution in [3.63, 3.8) is 0 Å². The Morgan fingerprint density at radius 3 is 0.560 bits per heavy atom. The molecule has 3 aliphatic carbocycles. The van der Waals surface area contributed by atoms with Crippen LogP contribution < -0.4 is 0 Å². The van der Waals surface area contributed by atoms with Gasteiger partial charge in [0.1, 0.15) is 0 Å². The van der Waals surface area contributed by atoms with E-state index in [0.717, 1.165) is 278 Å². The van der Waals surface area contributed by atoms with Crippen LogP contribution in [-0.4, -0.2) is 68.3 Å². The summed E-state index contributed by atoms with van der Waals surface area (Å²) < 4.78 is 4.79. The molecule has 15 aromatic carbocycles. The fourth-order valence-electron chi connectivity index (χ4n) is 24.0. The van der Waals surface area contributed by atoms with E-state index in [4.69, 9.17) is 0 Å². The first-order valence-electron chi connectivity index (χ1n) is 42.8. The molecule has 0 atom stereocenters. The van der Waals surface area contributed by atoms with Gasteiger partial charge in [0, 0.05) is 143 Å². The molecule has 21 rings (SSSR count). The summed E-state index contributed by atoms with van der Waals surface area (Å²) in [7, 11) is 0. The highest BCUT2D eigenvalue weighted by atomic mass is 79.9. The third kappa shape index (κ3) is 9.70. The van der Waals surface area contributed by atoms with E-state index in [0.29, 0.717) is 49.5 Å². The molecule has 9 nitrogen and oxygen atoms in total. The Morgan fingerprint density at radius 2 is 0.397 bits per heavy atom. The zero-order valence-corrected chi connectivity index (χ0v) is 75.7. The Hall–Kier alpha value is -7.50. The molecule has 15 aromatic rings. The van der Waals surface area contributed by atoms with E-state index < -0.39 is 10.8 Å². The van der Waals surface area contributed by atoms with Gasteiger partial charge in [0.25, 0.3) is 35.4 Å². The van der Waals surface area contributed by atoms with Crippen molar-refractivity contribution in [2.75, 3.05) is 0 Å². The van der Waals surface area contributed by atoms with E-state index in [1.807, 2.05) is 36.4 Å². The Morgan fingerprint density at radius 1 is 0.224 bits per heavy atom. The number of carbonyl (C=O) groups excluding carboxylic acids is 6. The maximum Gasteiger partial charge on any atom is 0.261 e. The van der Waals surface area contributed by atoms with Gasteiger partial charge in [-0.25, -0.2) is 0 Å². The second kappa shape index (κ2) is 28.0. The SMILES string of the molecule is CCCCCC(CCCCC)N1C(=O)c2cc(Br)c3c4ccc5c6c(ccc(c7c(Br)cc(c2c37)C1=O)c64)C12c3ccc4c6c(Br)cc7c8c(cc(Br)c(c9ccc(c3c94)C51c1ccc3c4c(Br)cc5c9c(cc(Br)c(c%10ccc2c1c3%10)c94)C(=O)N(C(CCCCC)CCCCC)C5=O)c86)C(=O)N(C(CCCCC)CCCCC)C7=O. The second-order valence-electron chi connectivity index (χ2n) is 34.5. The maximum absolute atomic E-state index is 15.6. The number of fused-ring (bicyclic) bond motifs is 6. The number of nitrogens with zero attached hydrogens (tertiary/aromatic N) is 3. The van der Waals surface area contributed by atoms with Gasteiger partial charge in [-0.3, -0.25) is 43.5 Å². The molecule has 0 N–H and O–H groups in total. The smallest absolute Gasteiger partial charge is 0.261 e. The van der Waals surface area contributed by atoms with Crippen LogP contribution in [-0.2, 0) is 10.8 Å². The van der Waals surface area contributed by atoms with Gasteiger partial charge in [-0.2, -0.15) is 0 Å². The number of carbonyl (C=O) groups is 6. The quantitative estimate of drug-likeness (QED) is 0.0219. The molecule has 0 saturated carbocycles. The van der Waals surface area contributed by atoms with Crippen molar-refractivity contribution in [2.24, 2.45) is 0 Å². The van der Waals surface area contributed by atoms with Crippen LogP contribution in [0.1, 0.15) is 291 Å². The molecule has 116 heavy (non-hydrogen) atoms. The van der Waals surface area contributed by atoms with E-state index in [2.05, 4.69) is 210 Å². The van der Waals surface area contributed by atoms with Crippen LogP contribution in [0.25, 0.3) is 129 Å². The molecule has 0 bridgehead atoms. The van der Waals surface area contributed by atoms with Gasteiger partial charge in [-0.15, -0.1) is 0 Å². The molecule has 0 radical (unpaired) electrons. The topological polar surface area (TPSA) is 112 Å². The first kappa shape index (κ1) is 75.9. The molecular formula is C101H87Br6N3O6. The van der Waals surface area contributed by atoms with Gasteiger partial charge in [-0.1, -0.05) is 325 Å². The van der Waals surface area contributed by atoms with Gasteiger partial charge < -0.3 is 0 Å². The largest absolute Gasteiger partial charge is 0.271 e. The summed E-state index contributed by atoms with van der Waals surface area (Å²) in [6.07, 6.45) is 22.8. The second-order valence-corrected chi connectivity index (χ2v) is 39.7. The molecule has 3 aliphatic heterocycles. The number of hydrogen-bond acceptors (Lipinski definition) is 6. The summed E-state index contributed by atoms with van der Waals surface area (Å²) in [5.74, 6) is -1.35. The van der Waals surface area contributed by atoms with Crippen molar-refractivity contribution < 1.29 is 28.8 Å². The lowest BCUT2D eigenvalue weighted by Gasteiger charge is -2.40. The van der Waals surface area contributed by atoms with Crippen molar-refractivity contribution in [3.8, 4) is 0 Å². The summed E-state index contributed by atoms with van der Waals surface area (Å²) in [5.41, 5.74) is 8.51. The van der Waals surface area contributed by atoms with Crippen molar-refractivity contribution >= 4 is 260 Å². The predicted octanol–water partition coefficient (Wildman–Crippen LogP) is 30.1. The van der Waals surface area contributed by atoms with E-state index in [1.54, 1.807) is 14.7 Å². The highest BCUT2D eigenvalue weighted by molar-refractivity contribution is 9.11. The normalized spacial score (nSPS) is 17.5. The van der Waals surface area contributed by atoms with Crippen molar-refractivity contribution in [1.29, 1.82) is 0 Å². The standard InChI is InChI=1S/C101H87Br6N3O6/c1-7-13-19-25-49(26-20-14-8-2)108-94(111)58-43-70(102)82-52-31-37-64-88-65(38-32-53(76(52)88)83-71(103)44-59(95(108)112)79(58)91(82)83)101-67-40-34-55-77-54(84-72(104)45-60-80-61(46-73(105)85(55)92(80)84)97(114)109(96(60)113)50(27-21-15-9-3)28-22-16-10-4)33-39-66(89(67)77)100(64,101)68-41-35-56-78-57(36-42-69(101)90(68)78)87-75(107)48-63-81-62(47-74(106)86(56)93(81)87)98(115)110(99(63)116)51(29-23-17-11-5)30-24-18-12-6/h31-51H,7-30H2,1-6H3. The number of amides is 6. The van der Waals surface area contributed by atoms with E-state index in [9.17, 15) is 0 Å². The maximum atomic E-state index is 15.6. The van der Waals surface area contributed by atoms with Crippen molar-refractivity contribution in [1.82, 2.24) is 14.7 Å². The molecule has 6 amide bonds. The van der Waals surface area contributed by atoms with Gasteiger partial charge in [0.15, 0.2) is 0 Å². The summed E-state index contributed by atoms with van der Waals surface area (Å²) in [6, 6.07) is 40.0. The van der Waals surface area contributed by atoms with Crippen LogP contribution >= 0.6 is 95.6 Å². The third-order valence-corrected chi connectivity index (χ3v) is 32.4. The molecule has 0 fully saturated rings. The van der Waals surface area contributed by atoms with E-state index in [1.165, 1.54) is 49.5 Å². The van der Waals surface area contributed by atoms with Crippen LogP contribution in [0.2, 0.25) is 0 Å². The molecular weight excluding hydrogens is 1830 g/mol.